The molecule has 0 fully saturated rings. The molecule has 0 aliphatic carbocycles. The van der Waals surface area contributed by atoms with Crippen LogP contribution in [0, 0.1) is 0 Å². The van der Waals surface area contributed by atoms with Crippen LogP contribution < -0.4 is 0 Å². The maximum absolute atomic E-state index is 11.9. The maximum atomic E-state index is 11.9. The van der Waals surface area contributed by atoms with Crippen molar-refractivity contribution >= 4 is 17.5 Å². The van der Waals surface area contributed by atoms with Crippen molar-refractivity contribution in [1.29, 1.82) is 0 Å². The van der Waals surface area contributed by atoms with E-state index in [1.54, 1.807) is 6.07 Å². The molecule has 70 valence electrons. The molecule has 0 heterocycles. The minimum Gasteiger partial charge on any atom is -0.294 e. The van der Waals surface area contributed by atoms with Gasteiger partial charge in [-0.05, 0) is 13.0 Å². The number of thioether (sulfide) groups is 1. The molecule has 1 rings (SSSR count). The van der Waals surface area contributed by atoms with Crippen LogP contribution in [0.5, 0.6) is 0 Å². The first-order valence-corrected chi connectivity index (χ1v) is 5.03. The molecule has 0 aromatic heterocycles. The van der Waals surface area contributed by atoms with Crippen LogP contribution in [0.2, 0.25) is 0 Å². The number of hydrogen-bond donors (Lipinski definition) is 0. The largest absolute Gasteiger partial charge is 0.294 e. The van der Waals surface area contributed by atoms with Crippen molar-refractivity contribution in [2.75, 3.05) is 12.4 Å². The molecular weight excluding hydrogens is 187 g/mol. The quantitative estimate of drug-likeness (QED) is 0.546. The van der Waals surface area contributed by atoms with E-state index >= 15 is 0 Å². The number of halogens is 1. The van der Waals surface area contributed by atoms with E-state index < -0.39 is 0 Å². The number of alkyl halides is 1. The topological polar surface area (TPSA) is 17.1 Å². The third kappa shape index (κ3) is 2.84. The van der Waals surface area contributed by atoms with Gasteiger partial charge in [0.1, 0.15) is 0 Å². The van der Waals surface area contributed by atoms with Gasteiger partial charge in [0.25, 0.3) is 0 Å². The molecule has 1 aromatic carbocycles. The van der Waals surface area contributed by atoms with E-state index in [1.807, 2.05) is 18.2 Å². The van der Waals surface area contributed by atoms with Crippen molar-refractivity contribution in [3.05, 3.63) is 29.8 Å². The molecule has 0 saturated carbocycles. The number of ketones is 1. The summed E-state index contributed by atoms with van der Waals surface area (Å²) in [5.41, 5.74) is 0.681. The third-order valence-corrected chi connectivity index (χ3v) is 2.63. The number of carbonyl (C=O) groups is 1. The zero-order valence-electron chi connectivity index (χ0n) is 7.42. The summed E-state index contributed by atoms with van der Waals surface area (Å²) < 4.78 is 11.9. The Morgan fingerprint density at radius 1 is 1.46 bits per heavy atom. The van der Waals surface area contributed by atoms with E-state index in [0.717, 1.165) is 4.90 Å². The van der Waals surface area contributed by atoms with Crippen molar-refractivity contribution in [3.8, 4) is 0 Å². The molecule has 0 saturated heterocycles. The second kappa shape index (κ2) is 5.02. The van der Waals surface area contributed by atoms with Gasteiger partial charge in [-0.15, -0.1) is 11.8 Å². The Hall–Kier alpha value is -0.830. The summed E-state index contributed by atoms with van der Waals surface area (Å²) in [5, 5.41) is 0. The van der Waals surface area contributed by atoms with Gasteiger partial charge >= 0.3 is 0 Å². The molecule has 0 amide bonds. The monoisotopic (exact) mass is 198 g/mol. The predicted octanol–water partition coefficient (Wildman–Crippen LogP) is 2.95. The molecule has 0 aliphatic heterocycles. The molecular formula is C10H11FOS. The predicted molar refractivity (Wildman–Crippen MR) is 53.1 cm³/mol. The fourth-order valence-corrected chi connectivity index (χ4v) is 1.87. The fraction of sp³-hybridized carbons (Fsp3) is 0.300. The van der Waals surface area contributed by atoms with E-state index in [-0.39, 0.29) is 12.5 Å². The van der Waals surface area contributed by atoms with Gasteiger partial charge in [-0.2, -0.15) is 0 Å². The van der Waals surface area contributed by atoms with Crippen molar-refractivity contribution in [2.24, 2.45) is 0 Å². The Bertz CT molecular complexity index is 299. The molecule has 13 heavy (non-hydrogen) atoms. The van der Waals surface area contributed by atoms with Crippen LogP contribution in [0.15, 0.2) is 29.2 Å². The van der Waals surface area contributed by atoms with Crippen LogP contribution in [0.4, 0.5) is 4.39 Å². The van der Waals surface area contributed by atoms with Crippen LogP contribution in [0.1, 0.15) is 17.3 Å². The molecule has 0 unspecified atom stereocenters. The van der Waals surface area contributed by atoms with Crippen molar-refractivity contribution in [1.82, 2.24) is 0 Å². The molecule has 1 nitrogen and oxygen atoms in total. The van der Waals surface area contributed by atoms with Gasteiger partial charge in [0, 0.05) is 16.2 Å². The van der Waals surface area contributed by atoms with E-state index in [0.29, 0.717) is 11.3 Å². The fourth-order valence-electron chi connectivity index (χ4n) is 1.03. The Balaban J connectivity index is 2.84. The zero-order chi connectivity index (χ0) is 9.68. The number of Topliss-reactive ketones (excluding diaryl/α,β-unsaturated/α-hetero) is 1. The standard InChI is InChI=1S/C10H11FOS/c1-8(12)9-4-2-3-5-10(9)13-7-6-11/h2-5H,6-7H2,1H3. The van der Waals surface area contributed by atoms with Crippen LogP contribution in [-0.2, 0) is 0 Å². The summed E-state index contributed by atoms with van der Waals surface area (Å²) in [7, 11) is 0. The highest BCUT2D eigenvalue weighted by Gasteiger charge is 2.05. The average Bonchev–Trinajstić information content (AvgIpc) is 2.15. The number of benzene rings is 1. The highest BCUT2D eigenvalue weighted by molar-refractivity contribution is 7.99. The summed E-state index contributed by atoms with van der Waals surface area (Å²) in [6, 6.07) is 7.28. The molecule has 3 heteroatoms. The minimum absolute atomic E-state index is 0.0296. The maximum Gasteiger partial charge on any atom is 0.160 e. The molecule has 0 aliphatic rings. The summed E-state index contributed by atoms with van der Waals surface area (Å²) in [5.74, 6) is 0.437. The highest BCUT2D eigenvalue weighted by atomic mass is 32.2. The smallest absolute Gasteiger partial charge is 0.160 e. The van der Waals surface area contributed by atoms with Crippen molar-refractivity contribution in [2.45, 2.75) is 11.8 Å². The van der Waals surface area contributed by atoms with Gasteiger partial charge < -0.3 is 0 Å². The van der Waals surface area contributed by atoms with E-state index in [9.17, 15) is 9.18 Å². The van der Waals surface area contributed by atoms with Crippen LogP contribution in [0.25, 0.3) is 0 Å². The van der Waals surface area contributed by atoms with Crippen molar-refractivity contribution < 1.29 is 9.18 Å². The van der Waals surface area contributed by atoms with Gasteiger partial charge in [-0.3, -0.25) is 9.18 Å². The van der Waals surface area contributed by atoms with E-state index in [4.69, 9.17) is 0 Å². The Kier molecular flexibility index (Phi) is 3.96. The average molecular weight is 198 g/mol. The van der Waals surface area contributed by atoms with Gasteiger partial charge in [0.05, 0.1) is 6.67 Å². The molecule has 0 radical (unpaired) electrons. The normalized spacial score (nSPS) is 10.0. The highest BCUT2D eigenvalue weighted by Crippen LogP contribution is 2.22. The minimum atomic E-state index is -0.364. The van der Waals surface area contributed by atoms with Gasteiger partial charge in [0.15, 0.2) is 5.78 Å². The number of rotatable bonds is 4. The number of hydrogen-bond acceptors (Lipinski definition) is 2. The zero-order valence-corrected chi connectivity index (χ0v) is 8.23. The summed E-state index contributed by atoms with van der Waals surface area (Å²) in [6.45, 7) is 1.16. The molecule has 0 atom stereocenters. The second-order valence-corrected chi connectivity index (χ2v) is 3.73. The lowest BCUT2D eigenvalue weighted by Crippen LogP contribution is -1.95. The molecule has 0 spiro atoms. The lowest BCUT2D eigenvalue weighted by atomic mass is 10.1. The van der Waals surface area contributed by atoms with E-state index in [1.165, 1.54) is 18.7 Å². The summed E-state index contributed by atoms with van der Waals surface area (Å²) >= 11 is 1.38. The second-order valence-electron chi connectivity index (χ2n) is 2.59. The first kappa shape index (κ1) is 10.3. The van der Waals surface area contributed by atoms with Gasteiger partial charge in [-0.25, -0.2) is 0 Å². The van der Waals surface area contributed by atoms with Crippen molar-refractivity contribution in [3.63, 3.8) is 0 Å². The lowest BCUT2D eigenvalue weighted by molar-refractivity contribution is 0.101. The summed E-state index contributed by atoms with van der Waals surface area (Å²) in [6.07, 6.45) is 0. The van der Waals surface area contributed by atoms with Crippen LogP contribution in [-0.4, -0.2) is 18.2 Å². The van der Waals surface area contributed by atoms with Crippen LogP contribution >= 0.6 is 11.8 Å². The number of carbonyl (C=O) groups excluding carboxylic acids is 1. The lowest BCUT2D eigenvalue weighted by Gasteiger charge is -2.03. The Morgan fingerprint density at radius 2 is 2.15 bits per heavy atom. The van der Waals surface area contributed by atoms with Gasteiger partial charge in [-0.1, -0.05) is 18.2 Å². The Labute approximate surface area is 81.3 Å². The van der Waals surface area contributed by atoms with E-state index in [2.05, 4.69) is 0 Å². The first-order valence-electron chi connectivity index (χ1n) is 4.04. The van der Waals surface area contributed by atoms with Crippen LogP contribution in [0.3, 0.4) is 0 Å². The molecule has 1 aromatic rings. The van der Waals surface area contributed by atoms with Gasteiger partial charge in [0.2, 0.25) is 0 Å². The Morgan fingerprint density at radius 3 is 2.77 bits per heavy atom. The summed E-state index contributed by atoms with van der Waals surface area (Å²) in [4.78, 5) is 12.0. The third-order valence-electron chi connectivity index (χ3n) is 1.60. The molecule has 0 N–H and O–H groups in total. The first-order chi connectivity index (χ1) is 6.25. The SMILES string of the molecule is CC(=O)c1ccccc1SCCF. The molecule has 0 bridgehead atoms.